The van der Waals surface area contributed by atoms with E-state index in [0.29, 0.717) is 0 Å². The van der Waals surface area contributed by atoms with E-state index in [1.165, 1.54) is 0 Å². The second kappa shape index (κ2) is 8.88. The Morgan fingerprint density at radius 3 is 2.33 bits per heavy atom. The topological polar surface area (TPSA) is 29.3 Å². The van der Waals surface area contributed by atoms with Crippen LogP contribution < -0.4 is 5.73 Å². The number of hydrogen-bond donors (Lipinski definition) is 1. The largest absolute Gasteiger partial charge is 0.399 e. The van der Waals surface area contributed by atoms with E-state index in [9.17, 15) is 0 Å². The van der Waals surface area contributed by atoms with Crippen molar-refractivity contribution in [2.75, 3.05) is 13.1 Å². The minimum atomic E-state index is 0.742. The lowest BCUT2D eigenvalue weighted by Crippen LogP contribution is -2.16. The molecule has 0 unspecified atom stereocenters. The van der Waals surface area contributed by atoms with Crippen molar-refractivity contribution in [1.29, 1.82) is 0 Å². The van der Waals surface area contributed by atoms with Crippen molar-refractivity contribution in [3.8, 4) is 0 Å². The molecule has 2 nitrogen and oxygen atoms in total. The molecule has 0 bridgehead atoms. The van der Waals surface area contributed by atoms with Crippen LogP contribution in [0, 0.1) is 0 Å². The molecular formula is C13H20N2. The van der Waals surface area contributed by atoms with Gasteiger partial charge < -0.3 is 10.6 Å². The van der Waals surface area contributed by atoms with E-state index < -0.39 is 0 Å². The highest BCUT2D eigenvalue weighted by Crippen LogP contribution is 1.93. The van der Waals surface area contributed by atoms with Crippen molar-refractivity contribution in [3.63, 3.8) is 0 Å². The van der Waals surface area contributed by atoms with Crippen LogP contribution in [0.15, 0.2) is 61.5 Å². The van der Waals surface area contributed by atoms with Crippen molar-refractivity contribution in [3.05, 3.63) is 61.5 Å². The van der Waals surface area contributed by atoms with E-state index in [4.69, 9.17) is 5.73 Å². The lowest BCUT2D eigenvalue weighted by atomic mass is 10.3. The van der Waals surface area contributed by atoms with Crippen LogP contribution in [0.3, 0.4) is 0 Å². The summed E-state index contributed by atoms with van der Waals surface area (Å²) < 4.78 is 0. The highest BCUT2D eigenvalue weighted by molar-refractivity contribution is 5.20. The maximum atomic E-state index is 5.68. The first-order valence-electron chi connectivity index (χ1n) is 4.97. The standard InChI is InChI=1S/C13H20N2/c1-4-8-13(14)9-7-12-15(10-5-2)11-6-3/h4-9,12H,2-3,10-11,14H2,1H3/b8-4-,12-7+,13-9+. The zero-order valence-electron chi connectivity index (χ0n) is 9.39. The molecule has 0 atom stereocenters. The number of rotatable bonds is 7. The predicted octanol–water partition coefficient (Wildman–Crippen LogP) is 2.59. The summed E-state index contributed by atoms with van der Waals surface area (Å²) in [4.78, 5) is 2.08. The first-order valence-corrected chi connectivity index (χ1v) is 4.97. The van der Waals surface area contributed by atoms with Gasteiger partial charge in [0.05, 0.1) is 0 Å². The van der Waals surface area contributed by atoms with Gasteiger partial charge in [-0.05, 0) is 31.4 Å². The maximum Gasteiger partial charge on any atom is 0.0354 e. The van der Waals surface area contributed by atoms with Crippen molar-refractivity contribution in [2.24, 2.45) is 5.73 Å². The average Bonchev–Trinajstić information content (AvgIpc) is 2.19. The molecule has 82 valence electrons. The van der Waals surface area contributed by atoms with Crippen LogP contribution in [0.1, 0.15) is 6.92 Å². The fourth-order valence-electron chi connectivity index (χ4n) is 1.05. The Hall–Kier alpha value is -1.70. The van der Waals surface area contributed by atoms with Crippen LogP contribution >= 0.6 is 0 Å². The molecule has 0 saturated heterocycles. The van der Waals surface area contributed by atoms with Crippen LogP contribution in [-0.2, 0) is 0 Å². The molecular weight excluding hydrogens is 184 g/mol. The van der Waals surface area contributed by atoms with Crippen LogP contribution in [-0.4, -0.2) is 18.0 Å². The number of nitrogens with zero attached hydrogens (tertiary/aromatic N) is 1. The van der Waals surface area contributed by atoms with E-state index in [1.54, 1.807) is 0 Å². The fourth-order valence-corrected chi connectivity index (χ4v) is 1.05. The quantitative estimate of drug-likeness (QED) is 0.510. The molecule has 0 aromatic carbocycles. The Morgan fingerprint density at radius 2 is 1.87 bits per heavy atom. The lowest BCUT2D eigenvalue weighted by Gasteiger charge is -2.14. The van der Waals surface area contributed by atoms with Gasteiger partial charge in [-0.15, -0.1) is 13.2 Å². The molecule has 0 amide bonds. The van der Waals surface area contributed by atoms with E-state index in [1.807, 2.05) is 49.6 Å². The van der Waals surface area contributed by atoms with Crippen molar-refractivity contribution in [2.45, 2.75) is 6.92 Å². The monoisotopic (exact) mass is 204 g/mol. The molecule has 0 heterocycles. The summed E-state index contributed by atoms with van der Waals surface area (Å²) in [6.07, 6.45) is 13.2. The van der Waals surface area contributed by atoms with Gasteiger partial charge >= 0.3 is 0 Å². The molecule has 0 spiro atoms. The summed E-state index contributed by atoms with van der Waals surface area (Å²) in [6.45, 7) is 10.9. The van der Waals surface area contributed by atoms with Crippen molar-refractivity contribution < 1.29 is 0 Å². The number of nitrogens with two attached hydrogens (primary N) is 1. The second-order valence-corrected chi connectivity index (χ2v) is 3.04. The molecule has 0 aliphatic heterocycles. The number of hydrogen-bond acceptors (Lipinski definition) is 2. The first-order chi connectivity index (χ1) is 7.24. The predicted molar refractivity (Wildman–Crippen MR) is 68.2 cm³/mol. The third-order valence-electron chi connectivity index (χ3n) is 1.67. The van der Waals surface area contributed by atoms with Gasteiger partial charge in [-0.2, -0.15) is 0 Å². The zero-order chi connectivity index (χ0) is 11.5. The molecule has 0 aliphatic carbocycles. The molecule has 2 N–H and O–H groups in total. The van der Waals surface area contributed by atoms with Gasteiger partial charge in [0.15, 0.2) is 0 Å². The van der Waals surface area contributed by atoms with Crippen LogP contribution in [0.2, 0.25) is 0 Å². The highest BCUT2D eigenvalue weighted by atomic mass is 15.1. The molecule has 0 radical (unpaired) electrons. The summed E-state index contributed by atoms with van der Waals surface area (Å²) >= 11 is 0. The summed E-state index contributed by atoms with van der Waals surface area (Å²) in [7, 11) is 0. The van der Waals surface area contributed by atoms with Crippen LogP contribution in [0.4, 0.5) is 0 Å². The third-order valence-corrected chi connectivity index (χ3v) is 1.67. The average molecular weight is 204 g/mol. The molecule has 0 aromatic rings. The summed E-state index contributed by atoms with van der Waals surface area (Å²) in [5.41, 5.74) is 6.42. The van der Waals surface area contributed by atoms with Crippen molar-refractivity contribution in [1.82, 2.24) is 4.90 Å². The normalized spacial score (nSPS) is 12.2. The van der Waals surface area contributed by atoms with Crippen molar-refractivity contribution >= 4 is 0 Å². The summed E-state index contributed by atoms with van der Waals surface area (Å²) in [6, 6.07) is 0. The second-order valence-electron chi connectivity index (χ2n) is 3.04. The van der Waals surface area contributed by atoms with Gasteiger partial charge in [-0.25, -0.2) is 0 Å². The fraction of sp³-hybridized carbons (Fsp3) is 0.231. The van der Waals surface area contributed by atoms with Gasteiger partial charge in [0.25, 0.3) is 0 Å². The minimum Gasteiger partial charge on any atom is -0.399 e. The molecule has 0 rings (SSSR count). The van der Waals surface area contributed by atoms with Gasteiger partial charge in [-0.3, -0.25) is 0 Å². The molecule has 2 heteroatoms. The summed E-state index contributed by atoms with van der Waals surface area (Å²) in [5.74, 6) is 0. The van der Waals surface area contributed by atoms with Crippen LogP contribution in [0.5, 0.6) is 0 Å². The Bertz CT molecular complexity index is 262. The Balaban J connectivity index is 4.25. The van der Waals surface area contributed by atoms with Gasteiger partial charge in [0, 0.05) is 18.8 Å². The third kappa shape index (κ3) is 7.38. The van der Waals surface area contributed by atoms with Gasteiger partial charge in [0.2, 0.25) is 0 Å². The van der Waals surface area contributed by atoms with Gasteiger partial charge in [-0.1, -0.05) is 18.2 Å². The Kier molecular flexibility index (Phi) is 7.87. The lowest BCUT2D eigenvalue weighted by molar-refractivity contribution is 0.463. The maximum absolute atomic E-state index is 5.68. The number of allylic oxidation sites excluding steroid dienone is 4. The molecule has 0 aromatic heterocycles. The summed E-state index contributed by atoms with van der Waals surface area (Å²) in [5, 5.41) is 0. The molecule has 0 aliphatic rings. The van der Waals surface area contributed by atoms with E-state index in [-0.39, 0.29) is 0 Å². The molecule has 15 heavy (non-hydrogen) atoms. The molecule has 0 saturated carbocycles. The van der Waals surface area contributed by atoms with Crippen LogP contribution in [0.25, 0.3) is 0 Å². The van der Waals surface area contributed by atoms with Gasteiger partial charge in [0.1, 0.15) is 0 Å². The van der Waals surface area contributed by atoms with E-state index in [0.717, 1.165) is 18.8 Å². The first kappa shape index (κ1) is 13.3. The molecule has 0 fully saturated rings. The SMILES string of the molecule is C=CCN(/C=C/C=C(N)\C=C/C)CC=C. The smallest absolute Gasteiger partial charge is 0.0354 e. The van der Waals surface area contributed by atoms with E-state index in [2.05, 4.69) is 18.1 Å². The minimum absolute atomic E-state index is 0.742. The Labute approximate surface area is 92.8 Å². The highest BCUT2D eigenvalue weighted by Gasteiger charge is 1.90. The Morgan fingerprint density at radius 1 is 1.27 bits per heavy atom. The zero-order valence-corrected chi connectivity index (χ0v) is 9.39. The van der Waals surface area contributed by atoms with E-state index >= 15 is 0 Å².